The van der Waals surface area contributed by atoms with Crippen LogP contribution in [-0.2, 0) is 15.3 Å². The van der Waals surface area contributed by atoms with E-state index in [4.69, 9.17) is 22.6 Å². The summed E-state index contributed by atoms with van der Waals surface area (Å²) >= 11 is 0. The molecule has 0 aromatic heterocycles. The predicted molar refractivity (Wildman–Crippen MR) is 283 cm³/mol. The lowest BCUT2D eigenvalue weighted by molar-refractivity contribution is -0.126. The first-order valence-electron chi connectivity index (χ1n) is 28.7. The van der Waals surface area contributed by atoms with Crippen molar-refractivity contribution in [2.75, 3.05) is 13.2 Å². The SMILES string of the molecule is CC1CC2C(C#N)C3CC(C)CC3C(C#N)C2C1.Cc1ccc2c(c1)C1(OCCO1)c1cc(C)ccc1-2.[C-]#[N+]C(C#N)=C1C2CC(C)CC2C2CC(C)CC12.[C-]#[N+]C1C(C#N)C2CC(C)CC2C2CC(C)CC21. The van der Waals surface area contributed by atoms with Crippen molar-refractivity contribution in [1.82, 2.24) is 0 Å². The number of ether oxygens (including phenoxy) is 2. The molecule has 1 heterocycles. The van der Waals surface area contributed by atoms with Gasteiger partial charge in [-0.25, -0.2) is 16.7 Å². The van der Waals surface area contributed by atoms with Gasteiger partial charge in [0.05, 0.1) is 55.9 Å². The summed E-state index contributed by atoms with van der Waals surface area (Å²) in [5.74, 6) is 11.6. The fraction of sp³-hybridized carbons (Fsp3) is 0.692. The molecule has 0 bridgehead atoms. The van der Waals surface area contributed by atoms with Crippen LogP contribution in [0.5, 0.6) is 0 Å². The Morgan fingerprint density at radius 3 is 1.23 bits per heavy atom. The van der Waals surface area contributed by atoms with E-state index < -0.39 is 5.79 Å². The Bertz CT molecular complexity index is 2510. The summed E-state index contributed by atoms with van der Waals surface area (Å²) in [4.78, 5) is 7.42. The molecule has 18 unspecified atom stereocenters. The third-order valence-corrected chi connectivity index (χ3v) is 21.4. The van der Waals surface area contributed by atoms with E-state index in [2.05, 4.69) is 126 Å². The van der Waals surface area contributed by atoms with Crippen LogP contribution in [0.1, 0.15) is 141 Å². The van der Waals surface area contributed by atoms with Crippen LogP contribution in [0.3, 0.4) is 0 Å². The number of fused-ring (bicyclic) bond motifs is 13. The van der Waals surface area contributed by atoms with E-state index in [0.717, 1.165) is 58.5 Å². The number of nitriles is 4. The molecule has 0 N–H and O–H groups in total. The summed E-state index contributed by atoms with van der Waals surface area (Å²) in [6.07, 6.45) is 14.8. The fourth-order valence-electron chi connectivity index (χ4n) is 19.1. The minimum absolute atomic E-state index is 0.00324. The zero-order chi connectivity index (χ0) is 51.6. The third-order valence-electron chi connectivity index (χ3n) is 21.4. The first-order valence-corrected chi connectivity index (χ1v) is 28.7. The molecule has 10 aliphatic carbocycles. The lowest BCUT2D eigenvalue weighted by atomic mass is 9.59. The smallest absolute Gasteiger partial charge is 0.261 e. The van der Waals surface area contributed by atoms with Crippen LogP contribution in [0.4, 0.5) is 0 Å². The van der Waals surface area contributed by atoms with Gasteiger partial charge in [-0.15, -0.1) is 0 Å². The molecule has 382 valence electrons. The quantitative estimate of drug-likeness (QED) is 0.191. The van der Waals surface area contributed by atoms with Gasteiger partial charge in [0, 0.05) is 17.0 Å². The molecule has 0 amide bonds. The number of hydrogen-bond donors (Lipinski definition) is 0. The molecule has 8 heteroatoms. The van der Waals surface area contributed by atoms with Crippen molar-refractivity contribution < 1.29 is 9.47 Å². The van der Waals surface area contributed by atoms with Crippen LogP contribution in [-0.4, -0.2) is 19.3 Å². The van der Waals surface area contributed by atoms with Crippen molar-refractivity contribution in [3.05, 3.63) is 92.8 Å². The highest BCUT2D eigenvalue weighted by atomic mass is 16.7. The topological polar surface area (TPSA) is 122 Å². The van der Waals surface area contributed by atoms with Crippen molar-refractivity contribution in [3.8, 4) is 35.4 Å². The van der Waals surface area contributed by atoms with Crippen molar-refractivity contribution in [1.29, 1.82) is 21.0 Å². The number of rotatable bonds is 0. The predicted octanol–water partition coefficient (Wildman–Crippen LogP) is 14.9. The highest BCUT2D eigenvalue weighted by Gasteiger charge is 2.60. The summed E-state index contributed by atoms with van der Waals surface area (Å²) in [5, 5.41) is 37.9. The minimum atomic E-state index is -0.664. The summed E-state index contributed by atoms with van der Waals surface area (Å²) in [5.41, 5.74) is 8.96. The van der Waals surface area contributed by atoms with Gasteiger partial charge < -0.3 is 14.3 Å². The first-order chi connectivity index (χ1) is 35.2. The molecule has 2 aromatic carbocycles. The second-order valence-corrected chi connectivity index (χ2v) is 26.3. The van der Waals surface area contributed by atoms with Gasteiger partial charge in [0.25, 0.3) is 5.70 Å². The summed E-state index contributed by atoms with van der Waals surface area (Å²) < 4.78 is 12.1. The number of hydrogen-bond acceptors (Lipinski definition) is 6. The number of allylic oxidation sites excluding steroid dienone is 2. The van der Waals surface area contributed by atoms with Gasteiger partial charge in [0.15, 0.2) is 0 Å². The molecule has 11 aliphatic rings. The van der Waals surface area contributed by atoms with Gasteiger partial charge in [0.2, 0.25) is 11.8 Å². The molecule has 2 aromatic rings. The van der Waals surface area contributed by atoms with E-state index >= 15 is 0 Å². The minimum Gasteiger partial charge on any atom is -0.340 e. The van der Waals surface area contributed by atoms with Gasteiger partial charge >= 0.3 is 0 Å². The summed E-state index contributed by atoms with van der Waals surface area (Å²) in [6, 6.07) is 23.0. The number of nitrogens with zero attached hydrogens (tertiary/aromatic N) is 6. The van der Waals surface area contributed by atoms with E-state index in [1.807, 2.05) is 0 Å². The molecular formula is C65H80N6O2. The third kappa shape index (κ3) is 8.95. The van der Waals surface area contributed by atoms with Gasteiger partial charge in [-0.1, -0.05) is 76.9 Å². The largest absolute Gasteiger partial charge is 0.340 e. The summed E-state index contributed by atoms with van der Waals surface area (Å²) in [7, 11) is 0. The zero-order valence-electron chi connectivity index (χ0n) is 45.1. The first kappa shape index (κ1) is 51.5. The van der Waals surface area contributed by atoms with E-state index in [1.54, 1.807) is 0 Å². The molecule has 1 aliphatic heterocycles. The molecular weight excluding hydrogens is 897 g/mol. The maximum atomic E-state index is 9.58. The van der Waals surface area contributed by atoms with E-state index in [0.29, 0.717) is 78.1 Å². The second-order valence-electron chi connectivity index (χ2n) is 26.3. The molecule has 8 nitrogen and oxygen atoms in total. The van der Waals surface area contributed by atoms with Gasteiger partial charge in [0.1, 0.15) is 5.92 Å². The van der Waals surface area contributed by atoms with Crippen LogP contribution in [0.25, 0.3) is 20.8 Å². The molecule has 10 fully saturated rings. The Hall–Kier alpha value is -4.96. The Morgan fingerprint density at radius 2 is 0.849 bits per heavy atom. The van der Waals surface area contributed by atoms with Crippen molar-refractivity contribution in [2.24, 2.45) is 124 Å². The van der Waals surface area contributed by atoms with E-state index in [1.165, 1.54) is 105 Å². The number of aryl methyl sites for hydroxylation is 2. The molecule has 13 rings (SSSR count). The van der Waals surface area contributed by atoms with Gasteiger partial charge in [-0.3, -0.25) is 0 Å². The van der Waals surface area contributed by atoms with Crippen molar-refractivity contribution in [3.63, 3.8) is 0 Å². The fourth-order valence-corrected chi connectivity index (χ4v) is 19.1. The van der Waals surface area contributed by atoms with Crippen molar-refractivity contribution >= 4 is 0 Å². The molecule has 0 radical (unpaired) electrons. The van der Waals surface area contributed by atoms with Gasteiger partial charge in [-0.2, -0.15) is 15.8 Å². The van der Waals surface area contributed by atoms with Crippen LogP contribution in [0, 0.1) is 197 Å². The lowest BCUT2D eigenvalue weighted by Crippen LogP contribution is -2.43. The summed E-state index contributed by atoms with van der Waals surface area (Å²) in [6.45, 7) is 34.2. The van der Waals surface area contributed by atoms with Crippen LogP contribution in [0.2, 0.25) is 0 Å². The lowest BCUT2D eigenvalue weighted by Gasteiger charge is -2.42. The Balaban J connectivity index is 0.000000112. The molecule has 9 saturated carbocycles. The molecule has 73 heavy (non-hydrogen) atoms. The molecule has 18 atom stereocenters. The molecule has 1 saturated heterocycles. The average molecular weight is 977 g/mol. The van der Waals surface area contributed by atoms with Crippen molar-refractivity contribution in [2.45, 2.75) is 144 Å². The van der Waals surface area contributed by atoms with E-state index in [9.17, 15) is 21.0 Å². The standard InChI is InChI=1S/C17H16O2.C16H20N2.2C16H22N2/c1-11-3-5-13-14-6-4-12(2)10-16(14)17(15(13)9-11)18-7-8-19-17;1-9-4-11-12-5-10(2)7-14(12)16(13(11)6-9)15(8-17)18-3;1-9-4-11-12-5-10(2)7-14(12)16(18-3)15(8-17)13(11)6-9;1-9-3-11-12(4-9)16(8-18)14-6-10(2)5-13(14)15(11)7-17/h3-6,9-10H,7-8H2,1-2H3;9-14H,4-7H2,1-2H3;9-16H,4-7H2,1-2H3;9-16H,3-6H2,1-2H3. The maximum Gasteiger partial charge on any atom is 0.261 e. The molecule has 1 spiro atoms. The highest BCUT2D eigenvalue weighted by Crippen LogP contribution is 2.64. The normalized spacial score (nSPS) is 42.7. The monoisotopic (exact) mass is 977 g/mol. The Morgan fingerprint density at radius 1 is 0.493 bits per heavy atom. The second kappa shape index (κ2) is 20.6. The van der Waals surface area contributed by atoms with Crippen LogP contribution in [0.15, 0.2) is 47.7 Å². The van der Waals surface area contributed by atoms with E-state index in [-0.39, 0.29) is 23.8 Å². The Kier molecular flexibility index (Phi) is 14.6. The average Bonchev–Trinajstić information content (AvgIpc) is 4.25. The van der Waals surface area contributed by atoms with Gasteiger partial charge in [-0.05, 0) is 220 Å². The van der Waals surface area contributed by atoms with Crippen LogP contribution >= 0.6 is 0 Å². The zero-order valence-corrected chi connectivity index (χ0v) is 45.1. The van der Waals surface area contributed by atoms with Crippen LogP contribution < -0.4 is 0 Å². The Labute approximate surface area is 438 Å². The maximum absolute atomic E-state index is 9.58. The number of benzene rings is 2. The highest BCUT2D eigenvalue weighted by molar-refractivity contribution is 5.80.